The van der Waals surface area contributed by atoms with Gasteiger partial charge in [0.15, 0.2) is 0 Å². The Morgan fingerprint density at radius 1 is 1.14 bits per heavy atom. The van der Waals surface area contributed by atoms with Crippen molar-refractivity contribution < 1.29 is 19.5 Å². The summed E-state index contributed by atoms with van der Waals surface area (Å²) in [4.78, 5) is 40.9. The van der Waals surface area contributed by atoms with Crippen molar-refractivity contribution in [3.63, 3.8) is 0 Å². The van der Waals surface area contributed by atoms with Crippen LogP contribution in [0.15, 0.2) is 30.3 Å². The molecule has 1 aromatic heterocycles. The molecule has 1 atom stereocenters. The Kier molecular flexibility index (Phi) is 8.11. The van der Waals surface area contributed by atoms with Gasteiger partial charge in [0, 0.05) is 36.6 Å². The van der Waals surface area contributed by atoms with Gasteiger partial charge in [-0.05, 0) is 43.4 Å². The number of hydrogen-bond donors (Lipinski definition) is 1. The molecule has 9 heteroatoms. The van der Waals surface area contributed by atoms with Gasteiger partial charge >= 0.3 is 5.97 Å². The number of carbonyl (C=O) groups excluding carboxylic acids is 2. The quantitative estimate of drug-likeness (QED) is 0.511. The molecule has 188 valence electrons. The molecular formula is C26H33ClN4O4. The number of carbonyl (C=O) groups is 3. The van der Waals surface area contributed by atoms with E-state index in [9.17, 15) is 14.4 Å². The highest BCUT2D eigenvalue weighted by Crippen LogP contribution is 2.30. The molecule has 2 aromatic rings. The Balaban J connectivity index is 1.48. The van der Waals surface area contributed by atoms with Crippen LogP contribution >= 0.6 is 11.6 Å². The number of halogens is 1. The summed E-state index contributed by atoms with van der Waals surface area (Å²) < 4.78 is 1.85. The van der Waals surface area contributed by atoms with Crippen molar-refractivity contribution in [2.45, 2.75) is 57.9 Å². The number of fused-ring (bicyclic) bond motifs is 1. The standard InChI is InChI=1S/C26H33ClN4O4/c1-2-3-4-5-21-16-30(17-24(32)29-12-10-18(11-13-29)14-25(33)34)26(35)23-15-22(28-31(21)23)19-6-8-20(27)9-7-19/h6-9,15,18,21H,2-5,10-14,16-17H2,1H3,(H,33,34). The zero-order valence-corrected chi connectivity index (χ0v) is 20.9. The third kappa shape index (κ3) is 6.04. The van der Waals surface area contributed by atoms with Gasteiger partial charge in [0.05, 0.1) is 11.7 Å². The van der Waals surface area contributed by atoms with Crippen molar-refractivity contribution in [2.24, 2.45) is 5.92 Å². The Morgan fingerprint density at radius 2 is 1.86 bits per heavy atom. The number of rotatable bonds is 9. The van der Waals surface area contributed by atoms with E-state index in [-0.39, 0.29) is 36.7 Å². The normalized spacial score (nSPS) is 18.6. The third-order valence-electron chi connectivity index (χ3n) is 7.06. The number of carboxylic acids is 1. The van der Waals surface area contributed by atoms with Gasteiger partial charge in [0.25, 0.3) is 5.91 Å². The Morgan fingerprint density at radius 3 is 2.51 bits per heavy atom. The number of amides is 2. The molecule has 4 rings (SSSR count). The van der Waals surface area contributed by atoms with Gasteiger partial charge in [0.2, 0.25) is 5.91 Å². The number of benzene rings is 1. The van der Waals surface area contributed by atoms with Gasteiger partial charge in [-0.1, -0.05) is 49.9 Å². The van der Waals surface area contributed by atoms with Crippen molar-refractivity contribution in [1.82, 2.24) is 19.6 Å². The molecule has 0 bridgehead atoms. The molecule has 8 nitrogen and oxygen atoms in total. The maximum absolute atomic E-state index is 13.4. The number of nitrogens with zero attached hydrogens (tertiary/aromatic N) is 4. The number of unbranched alkanes of at least 4 members (excludes halogenated alkanes) is 2. The van der Waals surface area contributed by atoms with Crippen LogP contribution in [-0.4, -0.2) is 68.6 Å². The maximum Gasteiger partial charge on any atom is 0.303 e. The summed E-state index contributed by atoms with van der Waals surface area (Å²) >= 11 is 6.03. The maximum atomic E-state index is 13.4. The fourth-order valence-corrected chi connectivity index (χ4v) is 5.17. The SMILES string of the molecule is CCCCCC1CN(CC(=O)N2CCC(CC(=O)O)CC2)C(=O)c2cc(-c3ccc(Cl)cc3)nn21. The van der Waals surface area contributed by atoms with Crippen LogP contribution in [0.5, 0.6) is 0 Å². The van der Waals surface area contributed by atoms with Gasteiger partial charge in [0.1, 0.15) is 12.2 Å². The fraction of sp³-hybridized carbons (Fsp3) is 0.538. The average Bonchev–Trinajstić information content (AvgIpc) is 3.28. The first-order chi connectivity index (χ1) is 16.9. The van der Waals surface area contributed by atoms with Crippen LogP contribution in [0.4, 0.5) is 0 Å². The predicted octanol–water partition coefficient (Wildman–Crippen LogP) is 4.49. The zero-order valence-electron chi connectivity index (χ0n) is 20.2. The summed E-state index contributed by atoms with van der Waals surface area (Å²) in [5.74, 6) is -0.946. The van der Waals surface area contributed by atoms with Crippen LogP contribution in [0.25, 0.3) is 11.3 Å². The van der Waals surface area contributed by atoms with Crippen LogP contribution < -0.4 is 0 Å². The molecular weight excluding hydrogens is 468 g/mol. The van der Waals surface area contributed by atoms with E-state index in [1.807, 2.05) is 22.9 Å². The first kappa shape index (κ1) is 25.2. The molecule has 35 heavy (non-hydrogen) atoms. The average molecular weight is 501 g/mol. The van der Waals surface area contributed by atoms with Gasteiger partial charge in [-0.25, -0.2) is 0 Å². The van der Waals surface area contributed by atoms with Crippen molar-refractivity contribution >= 4 is 29.4 Å². The first-order valence-corrected chi connectivity index (χ1v) is 12.9. The van der Waals surface area contributed by atoms with Gasteiger partial charge in [-0.3, -0.25) is 19.1 Å². The number of likely N-dealkylation sites (tertiary alicyclic amines) is 1. The molecule has 0 spiro atoms. The van der Waals surface area contributed by atoms with E-state index < -0.39 is 5.97 Å². The van der Waals surface area contributed by atoms with Crippen LogP contribution in [0.3, 0.4) is 0 Å². The highest BCUT2D eigenvalue weighted by atomic mass is 35.5. The van der Waals surface area contributed by atoms with Crippen LogP contribution in [0.2, 0.25) is 5.02 Å². The molecule has 1 fully saturated rings. The molecule has 1 saturated heterocycles. The molecule has 2 aliphatic heterocycles. The molecule has 3 heterocycles. The van der Waals surface area contributed by atoms with Crippen LogP contribution in [-0.2, 0) is 9.59 Å². The predicted molar refractivity (Wildman–Crippen MR) is 133 cm³/mol. The van der Waals surface area contributed by atoms with E-state index in [2.05, 4.69) is 6.92 Å². The minimum Gasteiger partial charge on any atom is -0.481 e. The summed E-state index contributed by atoms with van der Waals surface area (Å²) in [6.07, 6.45) is 5.64. The number of aliphatic carboxylic acids is 1. The fourth-order valence-electron chi connectivity index (χ4n) is 5.05. The first-order valence-electron chi connectivity index (χ1n) is 12.5. The largest absolute Gasteiger partial charge is 0.481 e. The second-order valence-electron chi connectivity index (χ2n) is 9.62. The monoisotopic (exact) mass is 500 g/mol. The second-order valence-corrected chi connectivity index (χ2v) is 10.1. The Bertz CT molecular complexity index is 1060. The van der Waals surface area contributed by atoms with Crippen LogP contribution in [0.1, 0.15) is 68.4 Å². The summed E-state index contributed by atoms with van der Waals surface area (Å²) in [7, 11) is 0. The van der Waals surface area contributed by atoms with E-state index in [0.29, 0.717) is 43.2 Å². The number of hydrogen-bond acceptors (Lipinski definition) is 4. The Hall–Kier alpha value is -2.87. The highest BCUT2D eigenvalue weighted by Gasteiger charge is 2.35. The number of aromatic nitrogens is 2. The van der Waals surface area contributed by atoms with Gasteiger partial charge in [-0.15, -0.1) is 0 Å². The summed E-state index contributed by atoms with van der Waals surface area (Å²) in [5, 5.41) is 14.4. The van der Waals surface area contributed by atoms with Crippen molar-refractivity contribution in [3.8, 4) is 11.3 Å². The molecule has 2 amide bonds. The molecule has 1 unspecified atom stereocenters. The van der Waals surface area contributed by atoms with Crippen LogP contribution in [0, 0.1) is 5.92 Å². The van der Waals surface area contributed by atoms with E-state index >= 15 is 0 Å². The lowest BCUT2D eigenvalue weighted by molar-refractivity contribution is -0.138. The molecule has 2 aliphatic rings. The lowest BCUT2D eigenvalue weighted by Gasteiger charge is -2.36. The smallest absolute Gasteiger partial charge is 0.303 e. The van der Waals surface area contributed by atoms with E-state index in [1.165, 1.54) is 0 Å². The number of carboxylic acid groups (broad SMARTS) is 1. The summed E-state index contributed by atoms with van der Waals surface area (Å²) in [5.41, 5.74) is 2.12. The lowest BCUT2D eigenvalue weighted by Crippen LogP contribution is -2.50. The van der Waals surface area contributed by atoms with Gasteiger partial charge < -0.3 is 14.9 Å². The molecule has 1 N–H and O–H groups in total. The topological polar surface area (TPSA) is 95.7 Å². The van der Waals surface area contributed by atoms with E-state index in [4.69, 9.17) is 21.8 Å². The zero-order chi connectivity index (χ0) is 24.9. The Labute approximate surface area is 210 Å². The lowest BCUT2D eigenvalue weighted by atomic mass is 9.93. The van der Waals surface area contributed by atoms with Gasteiger partial charge in [-0.2, -0.15) is 5.10 Å². The summed E-state index contributed by atoms with van der Waals surface area (Å²) in [6.45, 7) is 3.73. The second kappa shape index (κ2) is 11.2. The van der Waals surface area contributed by atoms with E-state index in [1.54, 1.807) is 21.9 Å². The third-order valence-corrected chi connectivity index (χ3v) is 7.31. The highest BCUT2D eigenvalue weighted by molar-refractivity contribution is 6.30. The van der Waals surface area contributed by atoms with Crippen molar-refractivity contribution in [2.75, 3.05) is 26.2 Å². The minimum absolute atomic E-state index is 0.0180. The van der Waals surface area contributed by atoms with Crippen molar-refractivity contribution in [3.05, 3.63) is 41.0 Å². The molecule has 0 radical (unpaired) electrons. The summed E-state index contributed by atoms with van der Waals surface area (Å²) in [6, 6.07) is 9.22. The van der Waals surface area contributed by atoms with Crippen molar-refractivity contribution in [1.29, 1.82) is 0 Å². The molecule has 1 aromatic carbocycles. The minimum atomic E-state index is -0.794. The van der Waals surface area contributed by atoms with E-state index in [0.717, 1.165) is 36.9 Å². The number of piperidine rings is 1. The molecule has 0 aliphatic carbocycles. The molecule has 0 saturated carbocycles.